The van der Waals surface area contributed by atoms with Crippen LogP contribution in [0.5, 0.6) is 0 Å². The van der Waals surface area contributed by atoms with Crippen LogP contribution in [0.25, 0.3) is 0 Å². The van der Waals surface area contributed by atoms with Gasteiger partial charge in [-0.25, -0.2) is 9.98 Å². The molecule has 0 aliphatic carbocycles. The molecule has 0 radical (unpaired) electrons. The van der Waals surface area contributed by atoms with Gasteiger partial charge < -0.3 is 10.3 Å². The van der Waals surface area contributed by atoms with Crippen molar-refractivity contribution in [1.29, 1.82) is 0 Å². The summed E-state index contributed by atoms with van der Waals surface area (Å²) < 4.78 is 0. The number of carbonyl (C=O) groups is 2. The van der Waals surface area contributed by atoms with Gasteiger partial charge >= 0.3 is 0 Å². The highest BCUT2D eigenvalue weighted by molar-refractivity contribution is 8.15. The zero-order valence-electron chi connectivity index (χ0n) is 9.35. The Morgan fingerprint density at radius 3 is 3.06 bits per heavy atom. The summed E-state index contributed by atoms with van der Waals surface area (Å²) in [6.07, 6.45) is 1.39. The van der Waals surface area contributed by atoms with Gasteiger partial charge in [-0.2, -0.15) is 0 Å². The largest absolute Gasteiger partial charge is 0.354 e. The van der Waals surface area contributed by atoms with Gasteiger partial charge in [-0.05, 0) is 0 Å². The van der Waals surface area contributed by atoms with E-state index >= 15 is 0 Å². The average molecular weight is 253 g/mol. The summed E-state index contributed by atoms with van der Waals surface area (Å²) in [6, 6.07) is 0. The normalized spacial score (nSPS) is 17.9. The highest BCUT2D eigenvalue weighted by Crippen LogP contribution is 2.22. The molecular formula is C9H11N5O2S. The third-order valence-corrected chi connectivity index (χ3v) is 3.28. The number of thioether (sulfide) groups is 1. The highest BCUT2D eigenvalue weighted by atomic mass is 32.2. The SMILES string of the molecule is CNC(=O)c1[nH]cnc1/N=C1\SCC(=O)N1C. The Balaban J connectivity index is 2.30. The molecule has 0 spiro atoms. The maximum atomic E-state index is 11.5. The first kappa shape index (κ1) is 11.6. The first-order chi connectivity index (χ1) is 8.13. The number of aromatic amines is 1. The molecule has 1 fully saturated rings. The number of imidazole rings is 1. The fourth-order valence-electron chi connectivity index (χ4n) is 1.29. The van der Waals surface area contributed by atoms with Crippen LogP contribution in [0.3, 0.4) is 0 Å². The number of aromatic nitrogens is 2. The van der Waals surface area contributed by atoms with E-state index in [4.69, 9.17) is 0 Å². The van der Waals surface area contributed by atoms with Crippen LogP contribution < -0.4 is 5.32 Å². The molecule has 0 aromatic carbocycles. The van der Waals surface area contributed by atoms with Crippen molar-refractivity contribution in [2.45, 2.75) is 0 Å². The van der Waals surface area contributed by atoms with Gasteiger partial charge in [-0.1, -0.05) is 11.8 Å². The van der Waals surface area contributed by atoms with Crippen LogP contribution in [0.4, 0.5) is 5.82 Å². The molecule has 8 heteroatoms. The van der Waals surface area contributed by atoms with Crippen molar-refractivity contribution in [3.63, 3.8) is 0 Å². The van der Waals surface area contributed by atoms with Gasteiger partial charge in [-0.3, -0.25) is 14.5 Å². The Hall–Kier alpha value is -1.83. The van der Waals surface area contributed by atoms with E-state index in [1.807, 2.05) is 0 Å². The Labute approximate surface area is 102 Å². The minimum absolute atomic E-state index is 0.00854. The first-order valence-corrected chi connectivity index (χ1v) is 5.85. The van der Waals surface area contributed by atoms with Gasteiger partial charge in [-0.15, -0.1) is 0 Å². The minimum Gasteiger partial charge on any atom is -0.354 e. The maximum absolute atomic E-state index is 11.5. The summed E-state index contributed by atoms with van der Waals surface area (Å²) in [6.45, 7) is 0. The number of aliphatic imine (C=N–C) groups is 1. The summed E-state index contributed by atoms with van der Waals surface area (Å²) in [7, 11) is 3.17. The number of carbonyl (C=O) groups excluding carboxylic acids is 2. The lowest BCUT2D eigenvalue weighted by Crippen LogP contribution is -2.24. The first-order valence-electron chi connectivity index (χ1n) is 4.87. The number of amides is 2. The van der Waals surface area contributed by atoms with Gasteiger partial charge in [0.25, 0.3) is 5.91 Å². The van der Waals surface area contributed by atoms with Crippen LogP contribution in [0.15, 0.2) is 11.3 Å². The lowest BCUT2D eigenvalue weighted by atomic mass is 10.4. The van der Waals surface area contributed by atoms with Crippen molar-refractivity contribution in [1.82, 2.24) is 20.2 Å². The van der Waals surface area contributed by atoms with Crippen LogP contribution in [0, 0.1) is 0 Å². The second-order valence-corrected chi connectivity index (χ2v) is 4.26. The summed E-state index contributed by atoms with van der Waals surface area (Å²) in [4.78, 5) is 35.1. The predicted octanol–water partition coefficient (Wildman–Crippen LogP) is -0.0380. The fraction of sp³-hybridized carbons (Fsp3) is 0.333. The summed E-state index contributed by atoms with van der Waals surface area (Å²) in [5.41, 5.74) is 0.286. The zero-order chi connectivity index (χ0) is 12.4. The lowest BCUT2D eigenvalue weighted by molar-refractivity contribution is -0.123. The van der Waals surface area contributed by atoms with E-state index in [0.29, 0.717) is 10.9 Å². The molecule has 1 aliphatic rings. The molecule has 1 aliphatic heterocycles. The summed E-state index contributed by atoms with van der Waals surface area (Å²) in [5.74, 6) is 0.354. The van der Waals surface area contributed by atoms with E-state index in [-0.39, 0.29) is 23.3 Å². The van der Waals surface area contributed by atoms with Gasteiger partial charge in [0.15, 0.2) is 16.7 Å². The molecule has 90 valence electrons. The van der Waals surface area contributed by atoms with E-state index in [0.717, 1.165) is 0 Å². The number of nitrogens with zero attached hydrogens (tertiary/aromatic N) is 3. The smallest absolute Gasteiger partial charge is 0.271 e. The number of H-pyrrole nitrogens is 1. The molecule has 0 saturated carbocycles. The average Bonchev–Trinajstić information content (AvgIpc) is 2.90. The van der Waals surface area contributed by atoms with Crippen molar-refractivity contribution in [2.24, 2.45) is 4.99 Å². The van der Waals surface area contributed by atoms with Crippen LogP contribution in [0.1, 0.15) is 10.5 Å². The van der Waals surface area contributed by atoms with Crippen molar-refractivity contribution in [3.05, 3.63) is 12.0 Å². The Bertz CT molecular complexity index is 495. The third-order valence-electron chi connectivity index (χ3n) is 2.26. The van der Waals surface area contributed by atoms with Crippen molar-refractivity contribution in [2.75, 3.05) is 19.8 Å². The minimum atomic E-state index is -0.293. The fourth-order valence-corrected chi connectivity index (χ4v) is 2.18. The number of hydrogen-bond donors (Lipinski definition) is 2. The summed E-state index contributed by atoms with van der Waals surface area (Å²) in [5, 5.41) is 3.03. The molecule has 0 bridgehead atoms. The van der Waals surface area contributed by atoms with Gasteiger partial charge in [0.05, 0.1) is 12.1 Å². The molecule has 2 N–H and O–H groups in total. The Morgan fingerprint density at radius 2 is 2.47 bits per heavy atom. The lowest BCUT2D eigenvalue weighted by Gasteiger charge is -2.07. The quantitative estimate of drug-likeness (QED) is 0.774. The highest BCUT2D eigenvalue weighted by Gasteiger charge is 2.25. The van der Waals surface area contributed by atoms with Gasteiger partial charge in [0, 0.05) is 14.1 Å². The van der Waals surface area contributed by atoms with Crippen molar-refractivity contribution < 1.29 is 9.59 Å². The molecule has 0 atom stereocenters. The molecule has 7 nitrogen and oxygen atoms in total. The summed E-state index contributed by atoms with van der Waals surface area (Å²) >= 11 is 1.33. The molecule has 2 amide bonds. The zero-order valence-corrected chi connectivity index (χ0v) is 10.2. The van der Waals surface area contributed by atoms with Crippen molar-refractivity contribution >= 4 is 34.6 Å². The topological polar surface area (TPSA) is 90.5 Å². The third kappa shape index (κ3) is 2.16. The standard InChI is InChI=1S/C9H11N5O2S/c1-10-8(16)6-7(12-4-11-6)13-9-14(2)5(15)3-17-9/h4H,3H2,1-2H3,(H,10,16)(H,11,12)/b13-9-. The molecular weight excluding hydrogens is 242 g/mol. The second-order valence-electron chi connectivity index (χ2n) is 3.32. The maximum Gasteiger partial charge on any atom is 0.271 e. The van der Waals surface area contributed by atoms with Crippen LogP contribution in [-0.4, -0.2) is 51.7 Å². The molecule has 1 saturated heterocycles. The molecule has 2 rings (SSSR count). The van der Waals surface area contributed by atoms with Crippen molar-refractivity contribution in [3.8, 4) is 0 Å². The second kappa shape index (κ2) is 4.58. The van der Waals surface area contributed by atoms with E-state index < -0.39 is 0 Å². The predicted molar refractivity (Wildman–Crippen MR) is 64.3 cm³/mol. The van der Waals surface area contributed by atoms with E-state index in [2.05, 4.69) is 20.3 Å². The van der Waals surface area contributed by atoms with Gasteiger partial charge in [0.1, 0.15) is 0 Å². The van der Waals surface area contributed by atoms with E-state index in [1.54, 1.807) is 7.05 Å². The number of hydrogen-bond acceptors (Lipinski definition) is 5. The number of nitrogens with one attached hydrogen (secondary N) is 2. The Kier molecular flexibility index (Phi) is 3.14. The van der Waals surface area contributed by atoms with E-state index in [1.165, 1.54) is 30.0 Å². The number of amidine groups is 1. The molecule has 0 unspecified atom stereocenters. The van der Waals surface area contributed by atoms with Crippen LogP contribution in [0.2, 0.25) is 0 Å². The Morgan fingerprint density at radius 1 is 1.71 bits per heavy atom. The number of rotatable bonds is 2. The molecule has 2 heterocycles. The van der Waals surface area contributed by atoms with Crippen LogP contribution >= 0.6 is 11.8 Å². The van der Waals surface area contributed by atoms with E-state index in [9.17, 15) is 9.59 Å². The molecule has 1 aromatic heterocycles. The van der Waals surface area contributed by atoms with Crippen LogP contribution in [-0.2, 0) is 4.79 Å². The van der Waals surface area contributed by atoms with Gasteiger partial charge in [0.2, 0.25) is 5.91 Å². The monoisotopic (exact) mass is 253 g/mol. The molecule has 1 aromatic rings. The molecule has 17 heavy (non-hydrogen) atoms.